The second kappa shape index (κ2) is 11.8. The van der Waals surface area contributed by atoms with Crippen LogP contribution in [0.2, 0.25) is 0 Å². The Hall–Kier alpha value is -4.66. The van der Waals surface area contributed by atoms with E-state index in [2.05, 4.69) is 15.8 Å². The molecule has 0 heterocycles. The molecular weight excluding hydrogens is 438 g/mol. The third kappa shape index (κ3) is 6.67. The van der Waals surface area contributed by atoms with Crippen LogP contribution in [0, 0.1) is 0 Å². The first-order valence-corrected chi connectivity index (χ1v) is 10.2. The number of hydrogen-bond donors (Lipinski definition) is 2. The van der Waals surface area contributed by atoms with Crippen LogP contribution in [0.1, 0.15) is 26.3 Å². The summed E-state index contributed by atoms with van der Waals surface area (Å²) in [6.45, 7) is -0.265. The van der Waals surface area contributed by atoms with Crippen molar-refractivity contribution in [3.05, 3.63) is 89.5 Å². The van der Waals surface area contributed by atoms with Gasteiger partial charge in [-0.25, -0.2) is 10.2 Å². The van der Waals surface area contributed by atoms with Crippen molar-refractivity contribution in [2.45, 2.75) is 0 Å². The van der Waals surface area contributed by atoms with Gasteiger partial charge in [0.1, 0.15) is 5.75 Å². The highest BCUT2D eigenvalue weighted by molar-refractivity contribution is 5.97. The molecule has 0 aromatic heterocycles. The minimum atomic E-state index is -0.501. The monoisotopic (exact) mass is 461 g/mol. The normalized spacial score (nSPS) is 10.4. The topological polar surface area (TPSA) is 115 Å². The van der Waals surface area contributed by atoms with E-state index in [1.54, 1.807) is 60.7 Å². The molecule has 0 unspecified atom stereocenters. The van der Waals surface area contributed by atoms with Gasteiger partial charge in [-0.2, -0.15) is 5.10 Å². The number of ether oxygens (including phenoxy) is 3. The zero-order valence-electron chi connectivity index (χ0n) is 18.6. The van der Waals surface area contributed by atoms with Crippen LogP contribution in [0.3, 0.4) is 0 Å². The first kappa shape index (κ1) is 24.0. The SMILES string of the molecule is COc1ccc(C(=O)NCC(=O)N/N=C/c2ccc(OC(=O)c3ccccc3)cc2)cc1OC. The van der Waals surface area contributed by atoms with Crippen LogP contribution in [0.5, 0.6) is 17.2 Å². The van der Waals surface area contributed by atoms with E-state index in [-0.39, 0.29) is 6.54 Å². The van der Waals surface area contributed by atoms with E-state index in [4.69, 9.17) is 14.2 Å². The fourth-order valence-corrected chi connectivity index (χ4v) is 2.82. The third-order valence-corrected chi connectivity index (χ3v) is 4.56. The van der Waals surface area contributed by atoms with Gasteiger partial charge >= 0.3 is 5.97 Å². The molecule has 0 saturated heterocycles. The number of amides is 2. The summed E-state index contributed by atoms with van der Waals surface area (Å²) >= 11 is 0. The van der Waals surface area contributed by atoms with Crippen molar-refractivity contribution in [3.8, 4) is 17.2 Å². The van der Waals surface area contributed by atoms with Crippen LogP contribution in [-0.4, -0.2) is 44.8 Å². The van der Waals surface area contributed by atoms with Gasteiger partial charge in [0.2, 0.25) is 0 Å². The summed E-state index contributed by atoms with van der Waals surface area (Å²) < 4.78 is 15.6. The lowest BCUT2D eigenvalue weighted by Crippen LogP contribution is -2.34. The maximum absolute atomic E-state index is 12.2. The zero-order chi connectivity index (χ0) is 24.3. The molecule has 9 nitrogen and oxygen atoms in total. The number of nitrogens with one attached hydrogen (secondary N) is 2. The van der Waals surface area contributed by atoms with Crippen molar-refractivity contribution < 1.29 is 28.6 Å². The summed E-state index contributed by atoms with van der Waals surface area (Å²) in [5, 5.41) is 6.37. The Kier molecular flexibility index (Phi) is 8.34. The minimum Gasteiger partial charge on any atom is -0.493 e. The maximum atomic E-state index is 12.2. The molecule has 0 atom stereocenters. The molecule has 34 heavy (non-hydrogen) atoms. The number of esters is 1. The summed E-state index contributed by atoms with van der Waals surface area (Å²) in [5.41, 5.74) is 3.78. The zero-order valence-corrected chi connectivity index (χ0v) is 18.6. The molecule has 0 aliphatic rings. The van der Waals surface area contributed by atoms with E-state index in [1.165, 1.54) is 26.5 Å². The lowest BCUT2D eigenvalue weighted by Gasteiger charge is -2.09. The summed E-state index contributed by atoms with van der Waals surface area (Å²) in [4.78, 5) is 36.3. The molecular formula is C25H23N3O6. The van der Waals surface area contributed by atoms with Crippen LogP contribution in [0.25, 0.3) is 0 Å². The third-order valence-electron chi connectivity index (χ3n) is 4.56. The Morgan fingerprint density at radius 2 is 1.56 bits per heavy atom. The van der Waals surface area contributed by atoms with Gasteiger partial charge in [0.25, 0.3) is 11.8 Å². The van der Waals surface area contributed by atoms with Crippen molar-refractivity contribution >= 4 is 24.0 Å². The van der Waals surface area contributed by atoms with Crippen LogP contribution in [-0.2, 0) is 4.79 Å². The molecule has 174 valence electrons. The summed E-state index contributed by atoms with van der Waals surface area (Å²) in [7, 11) is 2.97. The lowest BCUT2D eigenvalue weighted by atomic mass is 10.2. The number of benzene rings is 3. The Labute approximate surface area is 196 Å². The van der Waals surface area contributed by atoms with Gasteiger partial charge in [-0.1, -0.05) is 18.2 Å². The van der Waals surface area contributed by atoms with Gasteiger partial charge in [0.05, 0.1) is 32.5 Å². The van der Waals surface area contributed by atoms with Crippen LogP contribution in [0.4, 0.5) is 0 Å². The number of hydrogen-bond acceptors (Lipinski definition) is 7. The largest absolute Gasteiger partial charge is 0.493 e. The standard InChI is InChI=1S/C25H23N3O6/c1-32-21-13-10-19(14-22(21)33-2)24(30)26-16-23(29)28-27-15-17-8-11-20(12-9-17)34-25(31)18-6-4-3-5-7-18/h3-15H,16H2,1-2H3,(H,26,30)(H,28,29)/b27-15+. The minimum absolute atomic E-state index is 0.265. The van der Waals surface area contributed by atoms with Crippen LogP contribution in [0.15, 0.2) is 77.9 Å². The Bertz CT molecular complexity index is 1180. The first-order valence-electron chi connectivity index (χ1n) is 10.2. The maximum Gasteiger partial charge on any atom is 0.343 e. The van der Waals surface area contributed by atoms with Crippen molar-refractivity contribution in [1.29, 1.82) is 0 Å². The van der Waals surface area contributed by atoms with Gasteiger partial charge in [-0.05, 0) is 60.2 Å². The number of carbonyl (C=O) groups excluding carboxylic acids is 3. The number of rotatable bonds is 9. The summed E-state index contributed by atoms with van der Waals surface area (Å²) in [6.07, 6.45) is 1.43. The van der Waals surface area contributed by atoms with Crippen LogP contribution >= 0.6 is 0 Å². The summed E-state index contributed by atoms with van der Waals surface area (Å²) in [6, 6.07) is 20.0. The highest BCUT2D eigenvalue weighted by Gasteiger charge is 2.12. The molecule has 0 spiro atoms. The molecule has 3 aromatic carbocycles. The molecule has 0 saturated carbocycles. The van der Waals surface area contributed by atoms with Gasteiger partial charge in [0, 0.05) is 5.56 Å². The average Bonchev–Trinajstić information content (AvgIpc) is 2.88. The van der Waals surface area contributed by atoms with E-state index in [0.29, 0.717) is 33.9 Å². The van der Waals surface area contributed by atoms with E-state index in [9.17, 15) is 14.4 Å². The molecule has 0 bridgehead atoms. The molecule has 2 N–H and O–H groups in total. The second-order valence-electron chi connectivity index (χ2n) is 6.87. The van der Waals surface area contributed by atoms with Gasteiger partial charge < -0.3 is 19.5 Å². The molecule has 0 radical (unpaired) electrons. The van der Waals surface area contributed by atoms with Crippen molar-refractivity contribution in [2.75, 3.05) is 20.8 Å². The van der Waals surface area contributed by atoms with E-state index < -0.39 is 17.8 Å². The smallest absolute Gasteiger partial charge is 0.343 e. The number of methoxy groups -OCH3 is 2. The molecule has 0 aliphatic carbocycles. The van der Waals surface area contributed by atoms with Crippen molar-refractivity contribution in [2.24, 2.45) is 5.10 Å². The fraction of sp³-hybridized carbons (Fsp3) is 0.120. The predicted molar refractivity (Wildman–Crippen MR) is 125 cm³/mol. The quantitative estimate of drug-likeness (QED) is 0.219. The van der Waals surface area contributed by atoms with Crippen molar-refractivity contribution in [3.63, 3.8) is 0 Å². The molecule has 0 aliphatic heterocycles. The van der Waals surface area contributed by atoms with Crippen LogP contribution < -0.4 is 25.0 Å². The van der Waals surface area contributed by atoms with Gasteiger partial charge in [-0.3, -0.25) is 9.59 Å². The van der Waals surface area contributed by atoms with E-state index >= 15 is 0 Å². The first-order chi connectivity index (χ1) is 16.5. The van der Waals surface area contributed by atoms with Crippen molar-refractivity contribution in [1.82, 2.24) is 10.7 Å². The highest BCUT2D eigenvalue weighted by atomic mass is 16.5. The number of nitrogens with zero attached hydrogens (tertiary/aromatic N) is 1. The van der Waals surface area contributed by atoms with E-state index in [0.717, 1.165) is 0 Å². The summed E-state index contributed by atoms with van der Waals surface area (Å²) in [5.74, 6) is -0.116. The predicted octanol–water partition coefficient (Wildman–Crippen LogP) is 2.80. The Morgan fingerprint density at radius 1 is 0.853 bits per heavy atom. The fourth-order valence-electron chi connectivity index (χ4n) is 2.82. The van der Waals surface area contributed by atoms with Gasteiger partial charge in [-0.15, -0.1) is 0 Å². The van der Waals surface area contributed by atoms with E-state index in [1.807, 2.05) is 6.07 Å². The molecule has 2 amide bonds. The lowest BCUT2D eigenvalue weighted by molar-refractivity contribution is -0.120. The number of hydrazone groups is 1. The Balaban J connectivity index is 1.45. The average molecular weight is 461 g/mol. The highest BCUT2D eigenvalue weighted by Crippen LogP contribution is 2.27. The molecule has 0 fully saturated rings. The van der Waals surface area contributed by atoms with Gasteiger partial charge in [0.15, 0.2) is 11.5 Å². The molecule has 3 aromatic rings. The molecule has 9 heteroatoms. The molecule has 3 rings (SSSR count). The number of carbonyl (C=O) groups is 3. The second-order valence-corrected chi connectivity index (χ2v) is 6.87. The Morgan fingerprint density at radius 3 is 2.24 bits per heavy atom.